The van der Waals surface area contributed by atoms with E-state index in [4.69, 9.17) is 4.74 Å². The van der Waals surface area contributed by atoms with Crippen molar-refractivity contribution in [3.8, 4) is 5.75 Å². The molecular formula is C16H22N2OS. The highest BCUT2D eigenvalue weighted by Gasteiger charge is 2.12. The standard InChI is InChI=1S/C16H22N2OS/c1-10-6-7-15(19-5)14(8-10)11(2)17-9-16-12(3)18-13(4)20-16/h6-8,11,17H,9H2,1-5H3. The minimum Gasteiger partial charge on any atom is -0.496 e. The zero-order valence-electron chi connectivity index (χ0n) is 12.8. The number of methoxy groups -OCH3 is 1. The van der Waals surface area contributed by atoms with Gasteiger partial charge in [0.05, 0.1) is 17.8 Å². The molecule has 0 saturated carbocycles. The van der Waals surface area contributed by atoms with Crippen LogP contribution in [0.25, 0.3) is 0 Å². The molecule has 2 rings (SSSR count). The van der Waals surface area contributed by atoms with Crippen molar-refractivity contribution in [3.63, 3.8) is 0 Å². The quantitative estimate of drug-likeness (QED) is 0.906. The first-order valence-electron chi connectivity index (χ1n) is 6.82. The van der Waals surface area contributed by atoms with E-state index in [2.05, 4.69) is 43.2 Å². The summed E-state index contributed by atoms with van der Waals surface area (Å²) in [6, 6.07) is 6.53. The van der Waals surface area contributed by atoms with Crippen molar-refractivity contribution in [2.75, 3.05) is 7.11 Å². The van der Waals surface area contributed by atoms with Gasteiger partial charge in [0, 0.05) is 23.0 Å². The number of nitrogens with zero attached hydrogens (tertiary/aromatic N) is 1. The predicted molar refractivity (Wildman–Crippen MR) is 84.6 cm³/mol. The Balaban J connectivity index is 2.10. The molecular weight excluding hydrogens is 268 g/mol. The summed E-state index contributed by atoms with van der Waals surface area (Å²) in [6.07, 6.45) is 0. The lowest BCUT2D eigenvalue weighted by molar-refractivity contribution is 0.401. The highest BCUT2D eigenvalue weighted by Crippen LogP contribution is 2.27. The molecule has 0 fully saturated rings. The SMILES string of the molecule is COc1ccc(C)cc1C(C)NCc1sc(C)nc1C. The Morgan fingerprint density at radius 1 is 1.30 bits per heavy atom. The van der Waals surface area contributed by atoms with Crippen molar-refractivity contribution in [1.29, 1.82) is 0 Å². The third-order valence-electron chi connectivity index (χ3n) is 3.42. The van der Waals surface area contributed by atoms with E-state index in [9.17, 15) is 0 Å². The molecule has 2 aromatic rings. The summed E-state index contributed by atoms with van der Waals surface area (Å²) in [5.41, 5.74) is 3.58. The lowest BCUT2D eigenvalue weighted by atomic mass is 10.0. The smallest absolute Gasteiger partial charge is 0.123 e. The van der Waals surface area contributed by atoms with Gasteiger partial charge < -0.3 is 10.1 Å². The van der Waals surface area contributed by atoms with E-state index in [1.807, 2.05) is 13.0 Å². The Labute approximate surface area is 125 Å². The Morgan fingerprint density at radius 3 is 2.65 bits per heavy atom. The number of aryl methyl sites for hydroxylation is 3. The summed E-state index contributed by atoms with van der Waals surface area (Å²) in [5, 5.41) is 4.69. The van der Waals surface area contributed by atoms with Crippen molar-refractivity contribution in [3.05, 3.63) is 44.9 Å². The molecule has 3 nitrogen and oxygen atoms in total. The van der Waals surface area contributed by atoms with Gasteiger partial charge in [-0.15, -0.1) is 11.3 Å². The second kappa shape index (κ2) is 6.37. The van der Waals surface area contributed by atoms with E-state index in [-0.39, 0.29) is 6.04 Å². The Kier molecular flexibility index (Phi) is 4.78. The van der Waals surface area contributed by atoms with E-state index in [0.717, 1.165) is 23.0 Å². The zero-order valence-corrected chi connectivity index (χ0v) is 13.6. The van der Waals surface area contributed by atoms with E-state index in [0.29, 0.717) is 0 Å². The van der Waals surface area contributed by atoms with Crippen molar-refractivity contribution >= 4 is 11.3 Å². The topological polar surface area (TPSA) is 34.1 Å². The molecule has 0 aliphatic carbocycles. The van der Waals surface area contributed by atoms with Gasteiger partial charge in [-0.3, -0.25) is 0 Å². The molecule has 0 spiro atoms. The van der Waals surface area contributed by atoms with Gasteiger partial charge in [-0.2, -0.15) is 0 Å². The monoisotopic (exact) mass is 290 g/mol. The van der Waals surface area contributed by atoms with Gasteiger partial charge in [-0.25, -0.2) is 4.98 Å². The second-order valence-electron chi connectivity index (χ2n) is 5.09. The molecule has 0 bridgehead atoms. The first-order valence-corrected chi connectivity index (χ1v) is 7.63. The van der Waals surface area contributed by atoms with E-state index in [1.54, 1.807) is 18.4 Å². The van der Waals surface area contributed by atoms with Gasteiger partial charge in [0.1, 0.15) is 5.75 Å². The maximum atomic E-state index is 5.45. The molecule has 1 unspecified atom stereocenters. The second-order valence-corrected chi connectivity index (χ2v) is 6.38. The van der Waals surface area contributed by atoms with E-state index in [1.165, 1.54) is 16.0 Å². The Bertz CT molecular complexity index is 592. The van der Waals surface area contributed by atoms with Crippen LogP contribution >= 0.6 is 11.3 Å². The summed E-state index contributed by atoms with van der Waals surface area (Å²) >= 11 is 1.76. The van der Waals surface area contributed by atoms with Crippen molar-refractivity contribution in [1.82, 2.24) is 10.3 Å². The molecule has 20 heavy (non-hydrogen) atoms. The Hall–Kier alpha value is -1.39. The molecule has 0 radical (unpaired) electrons. The van der Waals surface area contributed by atoms with Crippen molar-refractivity contribution in [2.45, 2.75) is 40.3 Å². The van der Waals surface area contributed by atoms with Gasteiger partial charge in [-0.05, 0) is 33.8 Å². The van der Waals surface area contributed by atoms with Crippen LogP contribution in [0.2, 0.25) is 0 Å². The van der Waals surface area contributed by atoms with Crippen LogP contribution in [-0.4, -0.2) is 12.1 Å². The van der Waals surface area contributed by atoms with Gasteiger partial charge in [0.15, 0.2) is 0 Å². The summed E-state index contributed by atoms with van der Waals surface area (Å²) in [7, 11) is 1.72. The maximum absolute atomic E-state index is 5.45. The number of hydrogen-bond donors (Lipinski definition) is 1. The molecule has 0 saturated heterocycles. The normalized spacial score (nSPS) is 12.4. The summed E-state index contributed by atoms with van der Waals surface area (Å²) in [5.74, 6) is 0.938. The first kappa shape index (κ1) is 15.0. The van der Waals surface area contributed by atoms with Gasteiger partial charge >= 0.3 is 0 Å². The molecule has 1 heterocycles. The largest absolute Gasteiger partial charge is 0.496 e. The zero-order chi connectivity index (χ0) is 14.7. The fourth-order valence-electron chi connectivity index (χ4n) is 2.29. The number of aromatic nitrogens is 1. The number of ether oxygens (including phenoxy) is 1. The minimum atomic E-state index is 0.242. The van der Waals surface area contributed by atoms with Crippen LogP contribution in [0.1, 0.15) is 39.7 Å². The number of benzene rings is 1. The Morgan fingerprint density at radius 2 is 2.05 bits per heavy atom. The van der Waals surface area contributed by atoms with Crippen LogP contribution in [0.15, 0.2) is 18.2 Å². The molecule has 0 aliphatic heterocycles. The van der Waals surface area contributed by atoms with Crippen LogP contribution in [0, 0.1) is 20.8 Å². The van der Waals surface area contributed by atoms with E-state index < -0.39 is 0 Å². The highest BCUT2D eigenvalue weighted by atomic mass is 32.1. The predicted octanol–water partition coefficient (Wildman–Crippen LogP) is 3.93. The molecule has 1 N–H and O–H groups in total. The van der Waals surface area contributed by atoms with Gasteiger partial charge in [0.25, 0.3) is 0 Å². The first-order chi connectivity index (χ1) is 9.51. The van der Waals surface area contributed by atoms with Crippen molar-refractivity contribution < 1.29 is 4.74 Å². The fourth-order valence-corrected chi connectivity index (χ4v) is 3.17. The lowest BCUT2D eigenvalue weighted by Gasteiger charge is -2.17. The molecule has 1 atom stereocenters. The van der Waals surface area contributed by atoms with Crippen LogP contribution in [0.4, 0.5) is 0 Å². The van der Waals surface area contributed by atoms with Crippen LogP contribution in [-0.2, 0) is 6.54 Å². The molecule has 108 valence electrons. The highest BCUT2D eigenvalue weighted by molar-refractivity contribution is 7.11. The number of rotatable bonds is 5. The lowest BCUT2D eigenvalue weighted by Crippen LogP contribution is -2.18. The van der Waals surface area contributed by atoms with E-state index >= 15 is 0 Å². The average Bonchev–Trinajstić information content (AvgIpc) is 2.74. The summed E-state index contributed by atoms with van der Waals surface area (Å²) in [6.45, 7) is 9.23. The minimum absolute atomic E-state index is 0.242. The molecule has 1 aromatic carbocycles. The molecule has 1 aromatic heterocycles. The maximum Gasteiger partial charge on any atom is 0.123 e. The summed E-state index contributed by atoms with van der Waals surface area (Å²) in [4.78, 5) is 5.77. The molecule has 4 heteroatoms. The number of nitrogens with one attached hydrogen (secondary N) is 1. The van der Waals surface area contributed by atoms with Gasteiger partial charge in [-0.1, -0.05) is 17.7 Å². The average molecular weight is 290 g/mol. The number of thiazole rings is 1. The molecule has 0 amide bonds. The fraction of sp³-hybridized carbons (Fsp3) is 0.438. The van der Waals surface area contributed by atoms with Crippen LogP contribution < -0.4 is 10.1 Å². The van der Waals surface area contributed by atoms with Gasteiger partial charge in [0.2, 0.25) is 0 Å². The number of hydrogen-bond acceptors (Lipinski definition) is 4. The van der Waals surface area contributed by atoms with Crippen LogP contribution in [0.5, 0.6) is 5.75 Å². The molecule has 0 aliphatic rings. The third-order valence-corrected chi connectivity index (χ3v) is 4.49. The van der Waals surface area contributed by atoms with Crippen LogP contribution in [0.3, 0.4) is 0 Å². The van der Waals surface area contributed by atoms with Crippen molar-refractivity contribution in [2.24, 2.45) is 0 Å². The summed E-state index contributed by atoms with van der Waals surface area (Å²) < 4.78 is 5.45. The third kappa shape index (κ3) is 3.38.